The molecule has 4 rings (SSSR count). The van der Waals surface area contributed by atoms with Crippen molar-refractivity contribution in [2.75, 3.05) is 31.7 Å². The van der Waals surface area contributed by atoms with Gasteiger partial charge in [0.25, 0.3) is 5.91 Å². The molecule has 0 aliphatic carbocycles. The molecule has 0 radical (unpaired) electrons. The van der Waals surface area contributed by atoms with Gasteiger partial charge in [-0.25, -0.2) is 0 Å². The van der Waals surface area contributed by atoms with E-state index in [2.05, 4.69) is 22.6 Å². The highest BCUT2D eigenvalue weighted by Crippen LogP contribution is 2.60. The zero-order chi connectivity index (χ0) is 27.8. The number of benzene rings is 1. The molecule has 0 bridgehead atoms. The first-order valence-corrected chi connectivity index (χ1v) is 17.4. The van der Waals surface area contributed by atoms with Gasteiger partial charge in [-0.05, 0) is 79.6 Å². The highest BCUT2D eigenvalue weighted by molar-refractivity contribution is 14.1. The molecule has 1 N–H and O–H groups in total. The summed E-state index contributed by atoms with van der Waals surface area (Å²) in [6.07, 6.45) is 2.27. The molecule has 11 heteroatoms. The number of aliphatic hydroxyl groups excluding tert-OH is 1. The van der Waals surface area contributed by atoms with E-state index in [-0.39, 0.29) is 43.3 Å². The summed E-state index contributed by atoms with van der Waals surface area (Å²) in [6, 6.07) is 5.55. The highest BCUT2D eigenvalue weighted by Gasteiger charge is 2.67. The summed E-state index contributed by atoms with van der Waals surface area (Å²) in [4.78, 5) is 42.5. The van der Waals surface area contributed by atoms with Crippen LogP contribution >= 0.6 is 22.6 Å². The number of methoxy groups -OCH3 is 1. The van der Waals surface area contributed by atoms with Gasteiger partial charge in [-0.2, -0.15) is 0 Å². The third kappa shape index (κ3) is 5.27. The number of amides is 2. The molecule has 5 atom stereocenters. The van der Waals surface area contributed by atoms with E-state index >= 15 is 4.11 Å². The number of ether oxygens (including phenoxy) is 2. The van der Waals surface area contributed by atoms with Gasteiger partial charge in [-0.1, -0.05) is 6.92 Å². The molecule has 0 aromatic heterocycles. The van der Waals surface area contributed by atoms with Crippen molar-refractivity contribution in [2.45, 2.75) is 81.8 Å². The largest absolute Gasteiger partial charge is 0.469 e. The molecular formula is C27H38FIN2O6Si. The van der Waals surface area contributed by atoms with E-state index in [0.29, 0.717) is 25.9 Å². The molecular weight excluding hydrogens is 622 g/mol. The second-order valence-corrected chi connectivity index (χ2v) is 16.2. The fraction of sp³-hybridized carbons (Fsp3) is 0.667. The lowest BCUT2D eigenvalue weighted by Gasteiger charge is -2.31. The maximum Gasteiger partial charge on any atom is 0.305 e. The number of anilines is 1. The first-order chi connectivity index (χ1) is 17.9. The molecule has 1 aromatic carbocycles. The number of carbonyl (C=O) groups excluding carboxylic acids is 3. The number of hydrogen-bond donors (Lipinski definition) is 1. The maximum absolute atomic E-state index is 16.0. The van der Waals surface area contributed by atoms with Crippen molar-refractivity contribution in [3.63, 3.8) is 0 Å². The van der Waals surface area contributed by atoms with E-state index in [1.165, 1.54) is 7.11 Å². The Morgan fingerprint density at radius 2 is 2.05 bits per heavy atom. The molecule has 2 saturated heterocycles. The Morgan fingerprint density at radius 3 is 2.71 bits per heavy atom. The Hall–Kier alpha value is -1.57. The van der Waals surface area contributed by atoms with Gasteiger partial charge in [-0.3, -0.25) is 14.4 Å². The number of nitrogens with zero attached hydrogens (tertiary/aromatic N) is 2. The lowest BCUT2D eigenvalue weighted by Crippen LogP contribution is -2.45. The average Bonchev–Trinajstić information content (AvgIpc) is 3.51. The second-order valence-electron chi connectivity index (χ2n) is 11.2. The minimum atomic E-state index is -3.38. The van der Waals surface area contributed by atoms with Crippen LogP contribution in [-0.2, 0) is 29.5 Å². The number of hydrogen-bond acceptors (Lipinski definition) is 6. The van der Waals surface area contributed by atoms with Gasteiger partial charge >= 0.3 is 5.97 Å². The van der Waals surface area contributed by atoms with Gasteiger partial charge < -0.3 is 28.5 Å². The Labute approximate surface area is 238 Å². The number of halogens is 2. The predicted octanol–water partition coefficient (Wildman–Crippen LogP) is 4.13. The summed E-state index contributed by atoms with van der Waals surface area (Å²) in [5.41, 5.74) is -0.464. The summed E-state index contributed by atoms with van der Waals surface area (Å²) in [6.45, 7) is 6.01. The van der Waals surface area contributed by atoms with Gasteiger partial charge in [0.1, 0.15) is 0 Å². The van der Waals surface area contributed by atoms with Crippen molar-refractivity contribution in [3.05, 3.63) is 27.3 Å². The Bertz CT molecular complexity index is 1080. The van der Waals surface area contributed by atoms with Gasteiger partial charge in [0.15, 0.2) is 5.60 Å². The molecule has 1 spiro atoms. The summed E-state index contributed by atoms with van der Waals surface area (Å²) in [5, 5.41) is 9.71. The van der Waals surface area contributed by atoms with Crippen molar-refractivity contribution >= 4 is 54.5 Å². The topological polar surface area (TPSA) is 96.4 Å². The van der Waals surface area contributed by atoms with Crippen LogP contribution in [0, 0.1) is 9.49 Å². The standard InChI is InChI=1S/C27H38FIN2O6Si/c1-17-25(38(3,4)28)22(15-23(33)30-13-7-8-19(30)16-32)37-27(17)20-14-18(29)10-11-21(20)31(26(27)35)12-6-5-9-24(34)36-2/h10-11,14,17,19,22,25,32H,5-9,12-13,15-16H2,1-4H3/t17-,19-,22+,25-,27+/m0/s1. The average molecular weight is 661 g/mol. The molecule has 8 nitrogen and oxygen atoms in total. The van der Waals surface area contributed by atoms with Gasteiger partial charge in [0, 0.05) is 40.1 Å². The fourth-order valence-electron chi connectivity index (χ4n) is 6.73. The van der Waals surface area contributed by atoms with E-state index in [1.807, 2.05) is 25.1 Å². The van der Waals surface area contributed by atoms with Crippen LogP contribution in [0.25, 0.3) is 0 Å². The molecule has 2 fully saturated rings. The highest BCUT2D eigenvalue weighted by atomic mass is 127. The number of carbonyl (C=O) groups is 3. The van der Waals surface area contributed by atoms with Gasteiger partial charge in [0.05, 0.1) is 38.0 Å². The van der Waals surface area contributed by atoms with Gasteiger partial charge in [0.2, 0.25) is 14.3 Å². The summed E-state index contributed by atoms with van der Waals surface area (Å²) >= 11 is 2.20. The predicted molar refractivity (Wildman–Crippen MR) is 152 cm³/mol. The molecule has 2 amide bonds. The van der Waals surface area contributed by atoms with Crippen LogP contribution in [0.15, 0.2) is 18.2 Å². The fourth-order valence-corrected chi connectivity index (χ4v) is 9.71. The van der Waals surface area contributed by atoms with Crippen LogP contribution in [0.5, 0.6) is 0 Å². The van der Waals surface area contributed by atoms with Crippen LogP contribution < -0.4 is 4.90 Å². The molecule has 1 aromatic rings. The molecule has 3 heterocycles. The first kappa shape index (κ1) is 29.4. The van der Waals surface area contributed by atoms with Crippen LogP contribution in [-0.4, -0.2) is 75.1 Å². The van der Waals surface area contributed by atoms with Crippen LogP contribution in [0.3, 0.4) is 0 Å². The van der Waals surface area contributed by atoms with Crippen molar-refractivity contribution in [1.29, 1.82) is 0 Å². The minimum absolute atomic E-state index is 0.0146. The zero-order valence-electron chi connectivity index (χ0n) is 22.5. The van der Waals surface area contributed by atoms with E-state index < -0.39 is 31.6 Å². The second kappa shape index (κ2) is 11.5. The van der Waals surface area contributed by atoms with E-state index in [4.69, 9.17) is 9.47 Å². The van der Waals surface area contributed by atoms with Gasteiger partial charge in [-0.15, -0.1) is 0 Å². The zero-order valence-corrected chi connectivity index (χ0v) is 25.7. The number of fused-ring (bicyclic) bond motifs is 2. The monoisotopic (exact) mass is 660 g/mol. The maximum atomic E-state index is 16.0. The van der Waals surface area contributed by atoms with E-state index in [0.717, 1.165) is 27.7 Å². The smallest absolute Gasteiger partial charge is 0.305 e. The SMILES string of the molecule is COC(=O)CCCCN1C(=O)[C@]2(O[C@H](CC(=O)N3CCC[C@H]3CO)[C@@H]([Si](C)(C)F)[C@@H]2C)c2cc(I)ccc21. The summed E-state index contributed by atoms with van der Waals surface area (Å²) < 4.78 is 28.3. The molecule has 0 saturated carbocycles. The van der Waals surface area contributed by atoms with Crippen molar-refractivity contribution in [3.8, 4) is 0 Å². The van der Waals surface area contributed by atoms with Crippen molar-refractivity contribution in [1.82, 2.24) is 4.90 Å². The lowest BCUT2D eigenvalue weighted by atomic mass is 9.82. The molecule has 210 valence electrons. The normalized spacial score (nSPS) is 28.9. The summed E-state index contributed by atoms with van der Waals surface area (Å²) in [7, 11) is -2.02. The van der Waals surface area contributed by atoms with Crippen molar-refractivity contribution in [2.24, 2.45) is 5.92 Å². The molecule has 0 unspecified atom stereocenters. The first-order valence-electron chi connectivity index (χ1n) is 13.4. The number of likely N-dealkylation sites (tertiary alicyclic amines) is 1. The van der Waals surface area contributed by atoms with Crippen LogP contribution in [0.4, 0.5) is 9.80 Å². The Morgan fingerprint density at radius 1 is 1.32 bits per heavy atom. The van der Waals surface area contributed by atoms with Crippen LogP contribution in [0.1, 0.15) is 51.0 Å². The number of rotatable bonds is 9. The molecule has 38 heavy (non-hydrogen) atoms. The lowest BCUT2D eigenvalue weighted by molar-refractivity contribution is -0.150. The third-order valence-corrected chi connectivity index (χ3v) is 11.6. The summed E-state index contributed by atoms with van der Waals surface area (Å²) in [5.74, 6) is -1.15. The van der Waals surface area contributed by atoms with Crippen LogP contribution in [0.2, 0.25) is 18.6 Å². The number of aliphatic hydroxyl groups is 1. The Kier molecular flexibility index (Phi) is 8.90. The number of unbranched alkanes of at least 4 members (excludes halogenated alkanes) is 1. The Balaban J connectivity index is 1.65. The van der Waals surface area contributed by atoms with E-state index in [1.54, 1.807) is 22.9 Å². The quantitative estimate of drug-likeness (QED) is 0.141. The molecule has 3 aliphatic heterocycles. The van der Waals surface area contributed by atoms with E-state index in [9.17, 15) is 19.5 Å². The third-order valence-electron chi connectivity index (χ3n) is 8.45. The van der Waals surface area contributed by atoms with Crippen molar-refractivity contribution < 1.29 is 33.1 Å². The molecule has 3 aliphatic rings. The number of esters is 1. The minimum Gasteiger partial charge on any atom is -0.469 e.